The molecule has 0 bridgehead atoms. The quantitative estimate of drug-likeness (QED) is 0.395. The van der Waals surface area contributed by atoms with E-state index >= 15 is 0 Å². The maximum Gasteiger partial charge on any atom is 0.264 e. The number of nitrogens with zero attached hydrogens (tertiary/aromatic N) is 2. The van der Waals surface area contributed by atoms with Crippen LogP contribution in [0.2, 0.25) is 10.0 Å². The average molecular weight is 564 g/mol. The molecule has 3 aromatic carbocycles. The van der Waals surface area contributed by atoms with Gasteiger partial charge in [0.25, 0.3) is 10.0 Å². The number of benzene rings is 3. The van der Waals surface area contributed by atoms with Crippen LogP contribution in [0.25, 0.3) is 0 Å². The molecule has 3 aromatic rings. The van der Waals surface area contributed by atoms with Crippen molar-refractivity contribution >= 4 is 50.7 Å². The minimum atomic E-state index is -4.20. The Morgan fingerprint density at radius 3 is 2.27 bits per heavy atom. The summed E-state index contributed by atoms with van der Waals surface area (Å²) in [6.07, 6.45) is 0. The highest BCUT2D eigenvalue weighted by molar-refractivity contribution is 7.92. The SMILES string of the molecule is CNC(=O)C(C)N(Cc1cccc(OC)c1)C(=O)CN(c1cccc(Cl)c1)S(=O)(=O)c1ccc(Cl)cc1. The van der Waals surface area contributed by atoms with E-state index in [4.69, 9.17) is 27.9 Å². The number of ether oxygens (including phenoxy) is 1. The summed E-state index contributed by atoms with van der Waals surface area (Å²) in [5.74, 6) is -0.397. The van der Waals surface area contributed by atoms with Crippen molar-refractivity contribution in [1.82, 2.24) is 10.2 Å². The lowest BCUT2D eigenvalue weighted by molar-refractivity contribution is -0.139. The Morgan fingerprint density at radius 2 is 1.65 bits per heavy atom. The fourth-order valence-corrected chi connectivity index (χ4v) is 5.37. The van der Waals surface area contributed by atoms with Crippen molar-refractivity contribution in [3.05, 3.63) is 88.4 Å². The normalized spacial score (nSPS) is 11.9. The molecule has 8 nitrogen and oxygen atoms in total. The van der Waals surface area contributed by atoms with E-state index in [-0.39, 0.29) is 17.1 Å². The molecule has 3 rings (SSSR count). The molecule has 0 aliphatic rings. The van der Waals surface area contributed by atoms with E-state index in [2.05, 4.69) is 5.32 Å². The Labute approximate surface area is 226 Å². The molecule has 196 valence electrons. The molecule has 37 heavy (non-hydrogen) atoms. The zero-order chi connectivity index (χ0) is 27.2. The second kappa shape index (κ2) is 12.3. The number of likely N-dealkylation sites (N-methyl/N-ethyl adjacent to an activating group) is 1. The highest BCUT2D eigenvalue weighted by atomic mass is 35.5. The highest BCUT2D eigenvalue weighted by Gasteiger charge is 2.32. The molecule has 2 amide bonds. The van der Waals surface area contributed by atoms with E-state index in [1.54, 1.807) is 49.4 Å². The number of halogens is 2. The zero-order valence-corrected chi connectivity index (χ0v) is 22.8. The van der Waals surface area contributed by atoms with Gasteiger partial charge < -0.3 is 15.0 Å². The Morgan fingerprint density at radius 1 is 0.973 bits per heavy atom. The first kappa shape index (κ1) is 28.3. The number of nitrogens with one attached hydrogen (secondary N) is 1. The van der Waals surface area contributed by atoms with Crippen LogP contribution in [-0.2, 0) is 26.2 Å². The summed E-state index contributed by atoms with van der Waals surface area (Å²) in [5.41, 5.74) is 0.906. The summed E-state index contributed by atoms with van der Waals surface area (Å²) in [7, 11) is -1.21. The Balaban J connectivity index is 2.03. The molecular weight excluding hydrogens is 537 g/mol. The third-order valence-corrected chi connectivity index (χ3v) is 7.95. The van der Waals surface area contributed by atoms with Crippen LogP contribution in [0.3, 0.4) is 0 Å². The number of rotatable bonds is 10. The van der Waals surface area contributed by atoms with Gasteiger partial charge in [0.05, 0.1) is 17.7 Å². The number of sulfonamides is 1. The van der Waals surface area contributed by atoms with Gasteiger partial charge in [0.15, 0.2) is 0 Å². The van der Waals surface area contributed by atoms with Crippen molar-refractivity contribution in [2.75, 3.05) is 25.0 Å². The van der Waals surface area contributed by atoms with Crippen LogP contribution < -0.4 is 14.4 Å². The fraction of sp³-hybridized carbons (Fsp3) is 0.231. The predicted molar refractivity (Wildman–Crippen MR) is 145 cm³/mol. The summed E-state index contributed by atoms with van der Waals surface area (Å²) < 4.78 is 33.6. The van der Waals surface area contributed by atoms with Gasteiger partial charge in [-0.25, -0.2) is 8.42 Å². The number of amides is 2. The van der Waals surface area contributed by atoms with E-state index in [1.807, 2.05) is 0 Å². The molecule has 0 spiro atoms. The minimum absolute atomic E-state index is 0.0506. The molecule has 0 aliphatic carbocycles. The molecule has 1 atom stereocenters. The van der Waals surface area contributed by atoms with Crippen molar-refractivity contribution in [3.8, 4) is 5.75 Å². The molecule has 0 fully saturated rings. The summed E-state index contributed by atoms with van der Waals surface area (Å²) in [5, 5.41) is 3.21. The molecule has 1 N–H and O–H groups in total. The van der Waals surface area contributed by atoms with Crippen LogP contribution in [-0.4, -0.2) is 51.9 Å². The van der Waals surface area contributed by atoms with Gasteiger partial charge in [-0.05, 0) is 67.1 Å². The first-order valence-corrected chi connectivity index (χ1v) is 13.4. The zero-order valence-electron chi connectivity index (χ0n) is 20.5. The van der Waals surface area contributed by atoms with Gasteiger partial charge in [-0.2, -0.15) is 0 Å². The number of hydrogen-bond donors (Lipinski definition) is 1. The predicted octanol–water partition coefficient (Wildman–Crippen LogP) is 4.36. The molecule has 0 saturated heterocycles. The molecule has 0 heterocycles. The van der Waals surface area contributed by atoms with Crippen molar-refractivity contribution in [1.29, 1.82) is 0 Å². The Hall–Kier alpha value is -3.27. The van der Waals surface area contributed by atoms with E-state index in [0.29, 0.717) is 21.4 Å². The van der Waals surface area contributed by atoms with Gasteiger partial charge in [0, 0.05) is 23.6 Å². The topological polar surface area (TPSA) is 96.0 Å². The van der Waals surface area contributed by atoms with Gasteiger partial charge in [0.2, 0.25) is 11.8 Å². The lowest BCUT2D eigenvalue weighted by Gasteiger charge is -2.31. The number of carbonyl (C=O) groups is 2. The largest absolute Gasteiger partial charge is 0.497 e. The lowest BCUT2D eigenvalue weighted by Crippen LogP contribution is -2.50. The molecule has 0 radical (unpaired) electrons. The molecule has 1 unspecified atom stereocenters. The maximum atomic E-state index is 13.7. The van der Waals surface area contributed by atoms with Crippen LogP contribution in [0.15, 0.2) is 77.7 Å². The van der Waals surface area contributed by atoms with Gasteiger partial charge in [-0.3, -0.25) is 13.9 Å². The van der Waals surface area contributed by atoms with Gasteiger partial charge in [-0.1, -0.05) is 41.4 Å². The summed E-state index contributed by atoms with van der Waals surface area (Å²) in [6, 6.07) is 18.0. The molecule has 0 aromatic heterocycles. The van der Waals surface area contributed by atoms with E-state index < -0.39 is 34.4 Å². The lowest BCUT2D eigenvalue weighted by atomic mass is 10.1. The van der Waals surface area contributed by atoms with Crippen molar-refractivity contribution in [3.63, 3.8) is 0 Å². The van der Waals surface area contributed by atoms with E-state index in [9.17, 15) is 18.0 Å². The summed E-state index contributed by atoms with van der Waals surface area (Å²) in [6.45, 7) is 1.06. The number of methoxy groups -OCH3 is 1. The smallest absolute Gasteiger partial charge is 0.264 e. The average Bonchev–Trinajstić information content (AvgIpc) is 2.89. The molecule has 0 saturated carbocycles. The van der Waals surface area contributed by atoms with Crippen LogP contribution >= 0.6 is 23.2 Å². The van der Waals surface area contributed by atoms with Gasteiger partial charge >= 0.3 is 0 Å². The first-order chi connectivity index (χ1) is 17.6. The maximum absolute atomic E-state index is 13.7. The third-order valence-electron chi connectivity index (χ3n) is 5.68. The van der Waals surface area contributed by atoms with E-state index in [0.717, 1.165) is 4.31 Å². The minimum Gasteiger partial charge on any atom is -0.497 e. The Bertz CT molecular complexity index is 1370. The molecular formula is C26H27Cl2N3O5S. The molecule has 11 heteroatoms. The third kappa shape index (κ3) is 6.94. The second-order valence-electron chi connectivity index (χ2n) is 8.11. The highest BCUT2D eigenvalue weighted by Crippen LogP contribution is 2.27. The van der Waals surface area contributed by atoms with Crippen molar-refractivity contribution in [2.24, 2.45) is 0 Å². The number of hydrogen-bond acceptors (Lipinski definition) is 5. The fourth-order valence-electron chi connectivity index (χ4n) is 3.65. The van der Waals surface area contributed by atoms with Crippen LogP contribution in [0.4, 0.5) is 5.69 Å². The van der Waals surface area contributed by atoms with E-state index in [1.165, 1.54) is 49.4 Å². The number of anilines is 1. The van der Waals surface area contributed by atoms with Gasteiger partial charge in [-0.15, -0.1) is 0 Å². The first-order valence-electron chi connectivity index (χ1n) is 11.2. The van der Waals surface area contributed by atoms with Crippen molar-refractivity contribution in [2.45, 2.75) is 24.4 Å². The second-order valence-corrected chi connectivity index (χ2v) is 10.8. The van der Waals surface area contributed by atoms with Crippen molar-refractivity contribution < 1.29 is 22.7 Å². The standard InChI is InChI=1S/C26H27Cl2N3O5S/c1-18(26(33)29-2)30(16-19-6-4-9-23(14-19)36-3)25(32)17-31(22-8-5-7-21(28)15-22)37(34,35)24-12-10-20(27)11-13-24/h4-15,18H,16-17H2,1-3H3,(H,29,33). The van der Waals surface area contributed by atoms with Crippen LogP contribution in [0, 0.1) is 0 Å². The summed E-state index contributed by atoms with van der Waals surface area (Å²) >= 11 is 12.1. The van der Waals surface area contributed by atoms with Gasteiger partial charge in [0.1, 0.15) is 18.3 Å². The number of carbonyl (C=O) groups excluding carboxylic acids is 2. The monoisotopic (exact) mass is 563 g/mol. The van der Waals surface area contributed by atoms with Crippen LogP contribution in [0.5, 0.6) is 5.75 Å². The Kier molecular flexibility index (Phi) is 9.42. The summed E-state index contributed by atoms with van der Waals surface area (Å²) in [4.78, 5) is 27.5. The van der Waals surface area contributed by atoms with Crippen LogP contribution in [0.1, 0.15) is 12.5 Å². The molecule has 0 aliphatic heterocycles.